The highest BCUT2D eigenvalue weighted by Crippen LogP contribution is 2.42. The topological polar surface area (TPSA) is 44.8 Å². The van der Waals surface area contributed by atoms with Crippen LogP contribution in [0.2, 0.25) is 0 Å². The van der Waals surface area contributed by atoms with Gasteiger partial charge in [0, 0.05) is 5.82 Å². The summed E-state index contributed by atoms with van der Waals surface area (Å²) >= 11 is 0. The molecule has 0 bridgehead atoms. The summed E-state index contributed by atoms with van der Waals surface area (Å²) in [6.45, 7) is 14.4. The van der Waals surface area contributed by atoms with E-state index in [9.17, 15) is 4.79 Å². The Morgan fingerprint density at radius 1 is 1.12 bits per heavy atom. The molecule has 132 valence electrons. The molecule has 0 radical (unpaired) electrons. The predicted octanol–water partition coefficient (Wildman–Crippen LogP) is 3.97. The number of ether oxygens (including phenoxy) is 1. The number of hydrogen-bond donors (Lipinski definition) is 0. The molecule has 4 nitrogen and oxygen atoms in total. The molecule has 1 heterocycles. The molecule has 24 heavy (non-hydrogen) atoms. The fraction of sp³-hybridized carbons (Fsp3) is 0.632. The summed E-state index contributed by atoms with van der Waals surface area (Å²) in [6.07, 6.45) is 0.243. The third-order valence-corrected chi connectivity index (χ3v) is 5.25. The van der Waals surface area contributed by atoms with Crippen molar-refractivity contribution in [1.82, 2.24) is 0 Å². The fourth-order valence-electron chi connectivity index (χ4n) is 2.82. The minimum absolute atomic E-state index is 0.190. The second-order valence-electron chi connectivity index (χ2n) is 7.58. The highest BCUT2D eigenvalue weighted by atomic mass is 16.7. The Morgan fingerprint density at radius 2 is 1.71 bits per heavy atom. The minimum atomic E-state index is -0.471. The molecule has 2 rings (SSSR count). The SMILES string of the molecule is CCOC(=O)CC(B1OC(C)(C)C(C)(C)O1)c1ccc(C)c(C)c1. The monoisotopic (exact) mass is 332 g/mol. The van der Waals surface area contributed by atoms with Crippen LogP contribution in [0.4, 0.5) is 0 Å². The molecule has 5 heteroatoms. The van der Waals surface area contributed by atoms with Crippen molar-refractivity contribution in [2.45, 2.75) is 71.9 Å². The van der Waals surface area contributed by atoms with Crippen LogP contribution in [-0.4, -0.2) is 30.9 Å². The number of esters is 1. The van der Waals surface area contributed by atoms with Gasteiger partial charge < -0.3 is 14.0 Å². The van der Waals surface area contributed by atoms with Crippen LogP contribution in [0.25, 0.3) is 0 Å². The molecule has 1 aliphatic rings. The zero-order chi connectivity index (χ0) is 18.1. The lowest BCUT2D eigenvalue weighted by Crippen LogP contribution is -2.41. The summed E-state index contributed by atoms with van der Waals surface area (Å²) in [7, 11) is -0.471. The summed E-state index contributed by atoms with van der Waals surface area (Å²) in [5.41, 5.74) is 2.61. The van der Waals surface area contributed by atoms with Gasteiger partial charge in [0.05, 0.1) is 24.2 Å². The van der Waals surface area contributed by atoms with Gasteiger partial charge in [-0.3, -0.25) is 4.79 Å². The van der Waals surface area contributed by atoms with Crippen molar-refractivity contribution in [3.63, 3.8) is 0 Å². The zero-order valence-electron chi connectivity index (χ0n) is 15.9. The molecular formula is C19H29BO4. The summed E-state index contributed by atoms with van der Waals surface area (Å²) in [5, 5.41) is 0. The van der Waals surface area contributed by atoms with Gasteiger partial charge in [-0.15, -0.1) is 0 Å². The lowest BCUT2D eigenvalue weighted by molar-refractivity contribution is -0.143. The molecule has 0 N–H and O–H groups in total. The normalized spacial score (nSPS) is 20.0. The first-order valence-electron chi connectivity index (χ1n) is 8.66. The van der Waals surface area contributed by atoms with Gasteiger partial charge in [-0.1, -0.05) is 18.2 Å². The van der Waals surface area contributed by atoms with Crippen molar-refractivity contribution in [1.29, 1.82) is 0 Å². The van der Waals surface area contributed by atoms with E-state index in [-0.39, 0.29) is 18.2 Å². The summed E-state index contributed by atoms with van der Waals surface area (Å²) in [6, 6.07) is 6.25. The lowest BCUT2D eigenvalue weighted by Gasteiger charge is -2.32. The van der Waals surface area contributed by atoms with Crippen LogP contribution in [-0.2, 0) is 18.8 Å². The first kappa shape index (κ1) is 19.0. The summed E-state index contributed by atoms with van der Waals surface area (Å²) in [4.78, 5) is 12.1. The zero-order valence-corrected chi connectivity index (χ0v) is 15.9. The molecule has 0 amide bonds. The number of aryl methyl sites for hydroxylation is 2. The van der Waals surface area contributed by atoms with Crippen LogP contribution in [0, 0.1) is 13.8 Å². The van der Waals surface area contributed by atoms with E-state index >= 15 is 0 Å². The van der Waals surface area contributed by atoms with Crippen molar-refractivity contribution < 1.29 is 18.8 Å². The lowest BCUT2D eigenvalue weighted by atomic mass is 9.66. The van der Waals surface area contributed by atoms with E-state index in [0.717, 1.165) is 5.56 Å². The van der Waals surface area contributed by atoms with Crippen molar-refractivity contribution >= 4 is 13.1 Å². The first-order chi connectivity index (χ1) is 11.1. The third-order valence-electron chi connectivity index (χ3n) is 5.25. The Hall–Kier alpha value is -1.33. The van der Waals surface area contributed by atoms with Gasteiger partial charge in [0.1, 0.15) is 0 Å². The van der Waals surface area contributed by atoms with E-state index < -0.39 is 18.3 Å². The molecule has 1 unspecified atom stereocenters. The number of carbonyl (C=O) groups excluding carboxylic acids is 1. The van der Waals surface area contributed by atoms with Crippen molar-refractivity contribution in [2.75, 3.05) is 6.61 Å². The van der Waals surface area contributed by atoms with Gasteiger partial charge >= 0.3 is 13.1 Å². The van der Waals surface area contributed by atoms with Gasteiger partial charge in [0.2, 0.25) is 0 Å². The van der Waals surface area contributed by atoms with Gasteiger partial charge in [0.25, 0.3) is 0 Å². The molecule has 1 aromatic rings. The fourth-order valence-corrected chi connectivity index (χ4v) is 2.82. The average Bonchev–Trinajstić information content (AvgIpc) is 2.68. The number of hydrogen-bond acceptors (Lipinski definition) is 4. The smallest absolute Gasteiger partial charge is 0.466 e. The Bertz CT molecular complexity index is 593. The molecular weight excluding hydrogens is 303 g/mol. The number of rotatable bonds is 5. The molecule has 0 saturated carbocycles. The molecule has 0 aliphatic carbocycles. The standard InChI is InChI=1S/C19H29BO4/c1-8-22-17(21)12-16(15-10-9-13(2)14(3)11-15)20-23-18(4,5)19(6,7)24-20/h9-11,16H,8,12H2,1-7H3. The van der Waals surface area contributed by atoms with E-state index in [2.05, 4.69) is 32.0 Å². The Morgan fingerprint density at radius 3 is 2.21 bits per heavy atom. The van der Waals surface area contributed by atoms with Crippen molar-refractivity contribution in [3.05, 3.63) is 34.9 Å². The second-order valence-corrected chi connectivity index (χ2v) is 7.58. The molecule has 0 aromatic heterocycles. The maximum atomic E-state index is 12.1. The molecule has 1 fully saturated rings. The second kappa shape index (κ2) is 6.89. The van der Waals surface area contributed by atoms with Crippen molar-refractivity contribution in [3.8, 4) is 0 Å². The van der Waals surface area contributed by atoms with E-state index in [0.29, 0.717) is 6.61 Å². The predicted molar refractivity (Wildman–Crippen MR) is 96.0 cm³/mol. The minimum Gasteiger partial charge on any atom is -0.466 e. The van der Waals surface area contributed by atoms with E-state index in [1.165, 1.54) is 11.1 Å². The van der Waals surface area contributed by atoms with Crippen LogP contribution < -0.4 is 0 Å². The third kappa shape index (κ3) is 3.84. The number of carbonyl (C=O) groups is 1. The summed E-state index contributed by atoms with van der Waals surface area (Å²) < 4.78 is 17.6. The largest absolute Gasteiger partial charge is 0.466 e. The van der Waals surface area contributed by atoms with Crippen LogP contribution in [0.1, 0.15) is 63.5 Å². The van der Waals surface area contributed by atoms with Crippen LogP contribution in [0.15, 0.2) is 18.2 Å². The van der Waals surface area contributed by atoms with Crippen LogP contribution in [0.5, 0.6) is 0 Å². The molecule has 1 aliphatic heterocycles. The van der Waals surface area contributed by atoms with Crippen molar-refractivity contribution in [2.24, 2.45) is 0 Å². The van der Waals surface area contributed by atoms with E-state index in [1.54, 1.807) is 0 Å². The van der Waals surface area contributed by atoms with E-state index in [1.807, 2.05) is 34.6 Å². The van der Waals surface area contributed by atoms with Gasteiger partial charge in [-0.25, -0.2) is 0 Å². The van der Waals surface area contributed by atoms with E-state index in [4.69, 9.17) is 14.0 Å². The quantitative estimate of drug-likeness (QED) is 0.604. The summed E-state index contributed by atoms with van der Waals surface area (Å²) in [5.74, 6) is -0.417. The van der Waals surface area contributed by atoms with Gasteiger partial charge in [-0.2, -0.15) is 0 Å². The highest BCUT2D eigenvalue weighted by molar-refractivity contribution is 6.48. The van der Waals surface area contributed by atoms with Gasteiger partial charge in [-0.05, 0) is 65.2 Å². The first-order valence-corrected chi connectivity index (χ1v) is 8.66. The number of benzene rings is 1. The highest BCUT2D eigenvalue weighted by Gasteiger charge is 2.54. The Labute approximate surface area is 146 Å². The van der Waals surface area contributed by atoms with Crippen LogP contribution in [0.3, 0.4) is 0 Å². The van der Waals surface area contributed by atoms with Crippen LogP contribution >= 0.6 is 0 Å². The Kier molecular flexibility index (Phi) is 5.45. The van der Waals surface area contributed by atoms with Gasteiger partial charge in [0.15, 0.2) is 0 Å². The molecule has 1 aromatic carbocycles. The molecule has 1 saturated heterocycles. The molecule has 0 spiro atoms. The maximum Gasteiger partial charge on any atom is 0.466 e. The average molecular weight is 332 g/mol. The maximum absolute atomic E-state index is 12.1. The Balaban J connectivity index is 2.33. The molecule has 1 atom stereocenters.